The molecular weight excluding hydrogens is 280 g/mol. The van der Waals surface area contributed by atoms with Gasteiger partial charge in [0.15, 0.2) is 5.96 Å². The standard InChI is InChI=1S/C12H28N4O3S/c1-4-19-11-7-6-8-14-12(13-3)15-9-10-16-20(17,18)5-2/h16H,4-11H2,1-3H3,(H2,13,14,15). The molecule has 0 saturated heterocycles. The highest BCUT2D eigenvalue weighted by Crippen LogP contribution is 1.88. The molecule has 0 amide bonds. The van der Waals surface area contributed by atoms with E-state index < -0.39 is 10.0 Å². The summed E-state index contributed by atoms with van der Waals surface area (Å²) in [6, 6.07) is 0. The summed E-state index contributed by atoms with van der Waals surface area (Å²) in [6.45, 7) is 6.79. The molecule has 0 atom stereocenters. The number of aliphatic imine (C=N–C) groups is 1. The number of nitrogens with zero attached hydrogens (tertiary/aromatic N) is 1. The zero-order valence-corrected chi connectivity index (χ0v) is 13.6. The minimum absolute atomic E-state index is 0.0970. The molecule has 0 aliphatic heterocycles. The molecule has 0 spiro atoms. The van der Waals surface area contributed by atoms with Gasteiger partial charge in [-0.25, -0.2) is 13.1 Å². The van der Waals surface area contributed by atoms with Gasteiger partial charge >= 0.3 is 0 Å². The van der Waals surface area contributed by atoms with Crippen molar-refractivity contribution in [1.29, 1.82) is 0 Å². The summed E-state index contributed by atoms with van der Waals surface area (Å²) < 4.78 is 30.2. The molecule has 0 radical (unpaired) electrons. The first-order valence-corrected chi connectivity index (χ1v) is 8.70. The molecular formula is C12H28N4O3S. The Kier molecular flexibility index (Phi) is 11.4. The number of hydrogen-bond acceptors (Lipinski definition) is 4. The van der Waals surface area contributed by atoms with E-state index in [4.69, 9.17) is 4.74 Å². The summed E-state index contributed by atoms with van der Waals surface area (Å²) in [4.78, 5) is 4.06. The van der Waals surface area contributed by atoms with Gasteiger partial charge in [-0.05, 0) is 26.7 Å². The topological polar surface area (TPSA) is 91.8 Å². The molecule has 0 saturated carbocycles. The lowest BCUT2D eigenvalue weighted by Crippen LogP contribution is -2.42. The summed E-state index contributed by atoms with van der Waals surface area (Å²) in [5.74, 6) is 0.775. The lowest BCUT2D eigenvalue weighted by molar-refractivity contribution is 0.143. The maximum Gasteiger partial charge on any atom is 0.211 e. The highest BCUT2D eigenvalue weighted by molar-refractivity contribution is 7.89. The third-order valence-corrected chi connectivity index (χ3v) is 3.96. The quantitative estimate of drug-likeness (QED) is 0.282. The van der Waals surface area contributed by atoms with Crippen molar-refractivity contribution >= 4 is 16.0 Å². The molecule has 8 heteroatoms. The van der Waals surface area contributed by atoms with Gasteiger partial charge in [-0.15, -0.1) is 0 Å². The SMILES string of the molecule is CCOCCCCNC(=NC)NCCNS(=O)(=O)CC. The van der Waals surface area contributed by atoms with Crippen molar-refractivity contribution < 1.29 is 13.2 Å². The molecule has 0 aromatic heterocycles. The van der Waals surface area contributed by atoms with Crippen LogP contribution in [0.5, 0.6) is 0 Å². The van der Waals surface area contributed by atoms with E-state index in [1.165, 1.54) is 0 Å². The number of sulfonamides is 1. The fourth-order valence-corrected chi connectivity index (χ4v) is 2.01. The molecule has 0 heterocycles. The summed E-state index contributed by atoms with van der Waals surface area (Å²) in [5, 5.41) is 6.21. The summed E-state index contributed by atoms with van der Waals surface area (Å²) in [7, 11) is -1.43. The normalized spacial score (nSPS) is 12.4. The number of hydrogen-bond donors (Lipinski definition) is 3. The molecule has 20 heavy (non-hydrogen) atoms. The summed E-state index contributed by atoms with van der Waals surface area (Å²) in [5.41, 5.74) is 0. The van der Waals surface area contributed by atoms with Crippen LogP contribution in [0.4, 0.5) is 0 Å². The van der Waals surface area contributed by atoms with Crippen LogP contribution in [0.15, 0.2) is 4.99 Å². The molecule has 0 aromatic carbocycles. The molecule has 3 N–H and O–H groups in total. The predicted octanol–water partition coefficient (Wildman–Crippen LogP) is -0.0926. The average molecular weight is 308 g/mol. The number of ether oxygens (including phenoxy) is 1. The Morgan fingerprint density at radius 1 is 1.10 bits per heavy atom. The smallest absolute Gasteiger partial charge is 0.211 e. The van der Waals surface area contributed by atoms with Crippen LogP contribution in [0, 0.1) is 0 Å². The Hall–Kier alpha value is -0.860. The van der Waals surface area contributed by atoms with Gasteiger partial charge in [0, 0.05) is 39.9 Å². The van der Waals surface area contributed by atoms with Crippen LogP contribution < -0.4 is 15.4 Å². The van der Waals surface area contributed by atoms with E-state index in [9.17, 15) is 8.42 Å². The van der Waals surface area contributed by atoms with Crippen LogP contribution >= 0.6 is 0 Å². The average Bonchev–Trinajstić information content (AvgIpc) is 2.44. The van der Waals surface area contributed by atoms with E-state index in [0.717, 1.165) is 32.6 Å². The Labute approximate surface area is 122 Å². The fourth-order valence-electron chi connectivity index (χ4n) is 1.39. The predicted molar refractivity (Wildman–Crippen MR) is 82.6 cm³/mol. The summed E-state index contributed by atoms with van der Waals surface area (Å²) >= 11 is 0. The third-order valence-electron chi connectivity index (χ3n) is 2.56. The number of rotatable bonds is 11. The largest absolute Gasteiger partial charge is 0.382 e. The van der Waals surface area contributed by atoms with Crippen LogP contribution in [-0.4, -0.2) is 60.0 Å². The fraction of sp³-hybridized carbons (Fsp3) is 0.917. The molecule has 0 aliphatic carbocycles. The van der Waals surface area contributed by atoms with E-state index in [1.807, 2.05) is 6.92 Å². The lowest BCUT2D eigenvalue weighted by Gasteiger charge is -2.12. The molecule has 0 aliphatic rings. The van der Waals surface area contributed by atoms with Crippen molar-refractivity contribution in [3.05, 3.63) is 0 Å². The van der Waals surface area contributed by atoms with Crippen molar-refractivity contribution in [3.8, 4) is 0 Å². The first-order valence-electron chi connectivity index (χ1n) is 7.05. The van der Waals surface area contributed by atoms with E-state index in [-0.39, 0.29) is 5.75 Å². The Bertz CT molecular complexity index is 358. The summed E-state index contributed by atoms with van der Waals surface area (Å²) in [6.07, 6.45) is 2.01. The van der Waals surface area contributed by atoms with Gasteiger partial charge in [-0.2, -0.15) is 0 Å². The second-order valence-electron chi connectivity index (χ2n) is 4.13. The van der Waals surface area contributed by atoms with Gasteiger partial charge in [0.25, 0.3) is 0 Å². The van der Waals surface area contributed by atoms with Gasteiger partial charge in [0.05, 0.1) is 5.75 Å². The van der Waals surface area contributed by atoms with Crippen molar-refractivity contribution in [2.75, 3.05) is 45.6 Å². The Morgan fingerprint density at radius 3 is 2.40 bits per heavy atom. The highest BCUT2D eigenvalue weighted by atomic mass is 32.2. The van der Waals surface area contributed by atoms with Crippen LogP contribution in [0.2, 0.25) is 0 Å². The molecule has 120 valence electrons. The number of nitrogens with one attached hydrogen (secondary N) is 3. The van der Waals surface area contributed by atoms with Crippen molar-refractivity contribution in [3.63, 3.8) is 0 Å². The zero-order valence-electron chi connectivity index (χ0n) is 12.7. The number of unbranched alkanes of at least 4 members (excludes halogenated alkanes) is 1. The molecule has 0 bridgehead atoms. The monoisotopic (exact) mass is 308 g/mol. The Balaban J connectivity index is 3.63. The lowest BCUT2D eigenvalue weighted by atomic mass is 10.3. The maximum absolute atomic E-state index is 11.2. The second kappa shape index (κ2) is 11.9. The van der Waals surface area contributed by atoms with E-state index >= 15 is 0 Å². The van der Waals surface area contributed by atoms with Gasteiger partial charge in [0.1, 0.15) is 0 Å². The van der Waals surface area contributed by atoms with Crippen molar-refractivity contribution in [1.82, 2.24) is 15.4 Å². The minimum atomic E-state index is -3.12. The zero-order chi connectivity index (χ0) is 15.3. The Morgan fingerprint density at radius 2 is 1.80 bits per heavy atom. The third kappa shape index (κ3) is 11.0. The molecule has 0 aromatic rings. The van der Waals surface area contributed by atoms with Gasteiger partial charge in [-0.3, -0.25) is 4.99 Å². The van der Waals surface area contributed by atoms with Crippen molar-refractivity contribution in [2.24, 2.45) is 4.99 Å². The van der Waals surface area contributed by atoms with Crippen molar-refractivity contribution in [2.45, 2.75) is 26.7 Å². The minimum Gasteiger partial charge on any atom is -0.382 e. The maximum atomic E-state index is 11.2. The molecule has 0 fully saturated rings. The van der Waals surface area contributed by atoms with Crippen LogP contribution in [0.3, 0.4) is 0 Å². The van der Waals surface area contributed by atoms with E-state index in [0.29, 0.717) is 19.0 Å². The van der Waals surface area contributed by atoms with E-state index in [1.54, 1.807) is 14.0 Å². The molecule has 0 unspecified atom stereocenters. The highest BCUT2D eigenvalue weighted by Gasteiger charge is 2.04. The molecule has 7 nitrogen and oxygen atoms in total. The van der Waals surface area contributed by atoms with Gasteiger partial charge in [0.2, 0.25) is 10.0 Å². The van der Waals surface area contributed by atoms with Gasteiger partial charge < -0.3 is 15.4 Å². The van der Waals surface area contributed by atoms with Crippen LogP contribution in [0.1, 0.15) is 26.7 Å². The first-order chi connectivity index (χ1) is 9.55. The first kappa shape index (κ1) is 19.1. The van der Waals surface area contributed by atoms with Crippen LogP contribution in [0.25, 0.3) is 0 Å². The van der Waals surface area contributed by atoms with Gasteiger partial charge in [-0.1, -0.05) is 0 Å². The molecule has 0 rings (SSSR count). The van der Waals surface area contributed by atoms with E-state index in [2.05, 4.69) is 20.3 Å². The second-order valence-corrected chi connectivity index (χ2v) is 6.22. The van der Waals surface area contributed by atoms with Crippen LogP contribution in [-0.2, 0) is 14.8 Å². The number of guanidine groups is 1.